The third-order valence-electron chi connectivity index (χ3n) is 1.27. The van der Waals surface area contributed by atoms with Gasteiger partial charge >= 0.3 is 0 Å². The molecule has 1 aromatic heterocycles. The molecular formula is C7H10N2OS. The summed E-state index contributed by atoms with van der Waals surface area (Å²) in [6.45, 7) is 2.06. The molecule has 0 unspecified atom stereocenters. The van der Waals surface area contributed by atoms with Gasteiger partial charge < -0.3 is 10.2 Å². The number of nitrogens with two attached hydrogens (primary N) is 1. The Morgan fingerprint density at radius 1 is 1.82 bits per heavy atom. The number of hydrogen-bond acceptors (Lipinski definition) is 3. The van der Waals surface area contributed by atoms with Gasteiger partial charge in [0.2, 0.25) is 0 Å². The van der Waals surface area contributed by atoms with Crippen LogP contribution in [0.5, 0.6) is 0 Å². The van der Waals surface area contributed by atoms with Crippen molar-refractivity contribution in [1.82, 2.24) is 4.98 Å². The molecule has 2 N–H and O–H groups in total. The largest absolute Gasteiger partial charge is 0.448 e. The van der Waals surface area contributed by atoms with E-state index in [0.717, 1.165) is 12.8 Å². The van der Waals surface area contributed by atoms with Crippen LogP contribution in [0.4, 0.5) is 0 Å². The first-order chi connectivity index (χ1) is 5.24. The molecule has 3 nitrogen and oxygen atoms in total. The number of rotatable bonds is 3. The highest BCUT2D eigenvalue weighted by atomic mass is 32.1. The molecule has 0 radical (unpaired) electrons. The Balaban J connectivity index is 2.73. The normalized spacial score (nSPS) is 9.91. The fourth-order valence-electron chi connectivity index (χ4n) is 0.753. The number of oxazole rings is 1. The van der Waals surface area contributed by atoms with Crippen LogP contribution in [0.3, 0.4) is 0 Å². The topological polar surface area (TPSA) is 52.0 Å². The van der Waals surface area contributed by atoms with E-state index in [2.05, 4.69) is 11.9 Å². The van der Waals surface area contributed by atoms with Crippen molar-refractivity contribution in [1.29, 1.82) is 0 Å². The zero-order valence-electron chi connectivity index (χ0n) is 6.33. The number of hydrogen-bond donors (Lipinski definition) is 1. The zero-order valence-corrected chi connectivity index (χ0v) is 7.15. The Morgan fingerprint density at radius 3 is 3.00 bits per heavy atom. The van der Waals surface area contributed by atoms with E-state index in [9.17, 15) is 0 Å². The standard InChI is InChI=1S/C7H10N2OS/c1-2-3-6-9-5(4-10-6)7(8)11/h4H,2-3H2,1H3,(H2,8,11). The van der Waals surface area contributed by atoms with Crippen molar-refractivity contribution in [3.05, 3.63) is 17.8 Å². The highest BCUT2D eigenvalue weighted by molar-refractivity contribution is 7.80. The monoisotopic (exact) mass is 170 g/mol. The molecule has 1 rings (SSSR count). The Morgan fingerprint density at radius 2 is 2.55 bits per heavy atom. The number of nitrogens with zero attached hydrogens (tertiary/aromatic N) is 1. The molecule has 1 aromatic rings. The van der Waals surface area contributed by atoms with E-state index in [1.807, 2.05) is 0 Å². The first kappa shape index (κ1) is 8.20. The van der Waals surface area contributed by atoms with E-state index in [4.69, 9.17) is 22.4 Å². The third-order valence-corrected chi connectivity index (χ3v) is 1.48. The average molecular weight is 170 g/mol. The summed E-state index contributed by atoms with van der Waals surface area (Å²) in [6, 6.07) is 0. The quantitative estimate of drug-likeness (QED) is 0.694. The van der Waals surface area contributed by atoms with Crippen molar-refractivity contribution in [2.75, 3.05) is 0 Å². The SMILES string of the molecule is CCCc1nc(C(N)=S)co1. The van der Waals surface area contributed by atoms with Gasteiger partial charge in [-0.3, -0.25) is 0 Å². The Bertz CT molecular complexity index is 257. The maximum Gasteiger partial charge on any atom is 0.194 e. The first-order valence-electron chi connectivity index (χ1n) is 3.48. The highest BCUT2D eigenvalue weighted by Crippen LogP contribution is 2.03. The van der Waals surface area contributed by atoms with E-state index in [1.54, 1.807) is 0 Å². The summed E-state index contributed by atoms with van der Waals surface area (Å²) in [5.41, 5.74) is 5.90. The van der Waals surface area contributed by atoms with Crippen LogP contribution in [0.15, 0.2) is 10.7 Å². The van der Waals surface area contributed by atoms with Gasteiger partial charge in [0.15, 0.2) is 5.89 Å². The van der Waals surface area contributed by atoms with Crippen LogP contribution in [-0.2, 0) is 6.42 Å². The van der Waals surface area contributed by atoms with E-state index in [-0.39, 0.29) is 4.99 Å². The summed E-state index contributed by atoms with van der Waals surface area (Å²) in [5, 5.41) is 0. The summed E-state index contributed by atoms with van der Waals surface area (Å²) in [5.74, 6) is 0.704. The fourth-order valence-corrected chi connectivity index (χ4v) is 0.847. The second-order valence-corrected chi connectivity index (χ2v) is 2.68. The minimum Gasteiger partial charge on any atom is -0.448 e. The molecule has 60 valence electrons. The van der Waals surface area contributed by atoms with Gasteiger partial charge in [-0.1, -0.05) is 19.1 Å². The van der Waals surface area contributed by atoms with Crippen molar-refractivity contribution in [2.45, 2.75) is 19.8 Å². The third kappa shape index (κ3) is 2.01. The van der Waals surface area contributed by atoms with Crippen molar-refractivity contribution in [3.8, 4) is 0 Å². The summed E-state index contributed by atoms with van der Waals surface area (Å²) in [6.07, 6.45) is 3.34. The Kier molecular flexibility index (Phi) is 2.59. The molecule has 0 aliphatic heterocycles. The minimum absolute atomic E-state index is 0.288. The maximum absolute atomic E-state index is 5.33. The molecule has 11 heavy (non-hydrogen) atoms. The van der Waals surface area contributed by atoms with Crippen LogP contribution in [-0.4, -0.2) is 9.97 Å². The van der Waals surface area contributed by atoms with Crippen LogP contribution in [0.2, 0.25) is 0 Å². The smallest absolute Gasteiger partial charge is 0.194 e. The predicted molar refractivity (Wildman–Crippen MR) is 46.4 cm³/mol. The second kappa shape index (κ2) is 3.48. The molecule has 0 aromatic carbocycles. The lowest BCUT2D eigenvalue weighted by Crippen LogP contribution is -2.09. The van der Waals surface area contributed by atoms with Crippen LogP contribution in [0.25, 0.3) is 0 Å². The van der Waals surface area contributed by atoms with Gasteiger partial charge in [-0.15, -0.1) is 0 Å². The average Bonchev–Trinajstić information content (AvgIpc) is 2.37. The summed E-state index contributed by atoms with van der Waals surface area (Å²) < 4.78 is 5.09. The van der Waals surface area contributed by atoms with Crippen molar-refractivity contribution >= 4 is 17.2 Å². The summed E-state index contributed by atoms with van der Waals surface area (Å²) in [7, 11) is 0. The first-order valence-corrected chi connectivity index (χ1v) is 3.89. The lowest BCUT2D eigenvalue weighted by Gasteiger charge is -1.86. The summed E-state index contributed by atoms with van der Waals surface area (Å²) in [4.78, 5) is 4.35. The van der Waals surface area contributed by atoms with Gasteiger partial charge in [0, 0.05) is 6.42 Å². The Labute approximate surface area is 70.6 Å². The molecule has 0 saturated heterocycles. The lowest BCUT2D eigenvalue weighted by molar-refractivity contribution is 0.491. The van der Waals surface area contributed by atoms with Gasteiger partial charge in [0.05, 0.1) is 0 Å². The van der Waals surface area contributed by atoms with Crippen molar-refractivity contribution < 1.29 is 4.42 Å². The summed E-state index contributed by atoms with van der Waals surface area (Å²) >= 11 is 4.71. The van der Waals surface area contributed by atoms with Gasteiger partial charge in [0.25, 0.3) is 0 Å². The van der Waals surface area contributed by atoms with Crippen LogP contribution in [0.1, 0.15) is 24.9 Å². The van der Waals surface area contributed by atoms with Gasteiger partial charge in [-0.25, -0.2) is 4.98 Å². The molecule has 1 heterocycles. The molecule has 0 fully saturated rings. The number of thiocarbonyl (C=S) groups is 1. The van der Waals surface area contributed by atoms with E-state index in [0.29, 0.717) is 11.6 Å². The molecule has 0 aliphatic carbocycles. The molecule has 0 bridgehead atoms. The molecule has 0 atom stereocenters. The van der Waals surface area contributed by atoms with Crippen molar-refractivity contribution in [2.24, 2.45) is 5.73 Å². The molecule has 0 aliphatic rings. The van der Waals surface area contributed by atoms with Gasteiger partial charge in [0.1, 0.15) is 16.9 Å². The Hall–Kier alpha value is -0.900. The van der Waals surface area contributed by atoms with Gasteiger partial charge in [-0.05, 0) is 6.42 Å². The predicted octanol–water partition coefficient (Wildman–Crippen LogP) is 1.26. The molecule has 4 heteroatoms. The highest BCUT2D eigenvalue weighted by Gasteiger charge is 2.03. The fraction of sp³-hybridized carbons (Fsp3) is 0.429. The van der Waals surface area contributed by atoms with E-state index >= 15 is 0 Å². The lowest BCUT2D eigenvalue weighted by atomic mass is 10.3. The molecular weight excluding hydrogens is 160 g/mol. The van der Waals surface area contributed by atoms with Crippen LogP contribution in [0, 0.1) is 0 Å². The maximum atomic E-state index is 5.33. The van der Waals surface area contributed by atoms with Crippen LogP contribution < -0.4 is 5.73 Å². The van der Waals surface area contributed by atoms with Crippen molar-refractivity contribution in [3.63, 3.8) is 0 Å². The zero-order chi connectivity index (χ0) is 8.27. The number of aromatic nitrogens is 1. The van der Waals surface area contributed by atoms with E-state index in [1.165, 1.54) is 6.26 Å². The van der Waals surface area contributed by atoms with Crippen LogP contribution >= 0.6 is 12.2 Å². The van der Waals surface area contributed by atoms with E-state index < -0.39 is 0 Å². The molecule has 0 spiro atoms. The minimum atomic E-state index is 0.288. The van der Waals surface area contributed by atoms with Gasteiger partial charge in [-0.2, -0.15) is 0 Å². The molecule has 0 saturated carbocycles. The number of aryl methyl sites for hydroxylation is 1. The second-order valence-electron chi connectivity index (χ2n) is 2.24. The molecule has 0 amide bonds.